The first-order chi connectivity index (χ1) is 12.1. The van der Waals surface area contributed by atoms with E-state index in [1.807, 2.05) is 0 Å². The summed E-state index contributed by atoms with van der Waals surface area (Å²) in [5.74, 6) is -0.269. The molecule has 1 amide bonds. The van der Waals surface area contributed by atoms with Gasteiger partial charge in [-0.3, -0.25) is 19.5 Å². The van der Waals surface area contributed by atoms with E-state index >= 15 is 0 Å². The molecular weight excluding hydrogens is 326 g/mol. The predicted octanol–water partition coefficient (Wildman–Crippen LogP) is 0.00160. The van der Waals surface area contributed by atoms with Gasteiger partial charge >= 0.3 is 0 Å². The minimum Gasteiger partial charge on any atom is -0.376 e. The zero-order valence-electron chi connectivity index (χ0n) is 13.8. The molecule has 25 heavy (non-hydrogen) atoms. The first-order valence-electron chi connectivity index (χ1n) is 8.33. The van der Waals surface area contributed by atoms with E-state index in [1.165, 1.54) is 4.68 Å². The van der Waals surface area contributed by atoms with Crippen molar-refractivity contribution >= 4 is 16.7 Å². The topological polar surface area (TPSA) is 102 Å². The average molecular weight is 347 g/mol. The Labute approximate surface area is 143 Å². The van der Waals surface area contributed by atoms with Crippen LogP contribution < -0.4 is 16.4 Å². The number of ether oxygens (including phenoxy) is 2. The van der Waals surface area contributed by atoms with Crippen molar-refractivity contribution < 1.29 is 14.3 Å². The Morgan fingerprint density at radius 3 is 2.88 bits per heavy atom. The van der Waals surface area contributed by atoms with Gasteiger partial charge in [-0.15, -0.1) is 0 Å². The number of nitrogens with zero attached hydrogens (tertiary/aromatic N) is 1. The lowest BCUT2D eigenvalue weighted by molar-refractivity contribution is -0.126. The van der Waals surface area contributed by atoms with Crippen LogP contribution in [0.4, 0.5) is 0 Å². The molecule has 1 aromatic heterocycles. The molecule has 8 nitrogen and oxygen atoms in total. The van der Waals surface area contributed by atoms with Crippen molar-refractivity contribution in [1.29, 1.82) is 0 Å². The Bertz CT molecular complexity index is 851. The second kappa shape index (κ2) is 8.09. The van der Waals surface area contributed by atoms with Gasteiger partial charge in [-0.1, -0.05) is 12.1 Å². The molecule has 0 saturated carbocycles. The van der Waals surface area contributed by atoms with Crippen LogP contribution in [-0.4, -0.2) is 48.2 Å². The fraction of sp³-hybridized carbons (Fsp3) is 0.471. The lowest BCUT2D eigenvalue weighted by Gasteiger charge is -2.11. The summed E-state index contributed by atoms with van der Waals surface area (Å²) in [6.45, 7) is 1.50. The molecule has 0 spiro atoms. The van der Waals surface area contributed by atoms with E-state index < -0.39 is 0 Å². The van der Waals surface area contributed by atoms with Crippen LogP contribution in [0.5, 0.6) is 0 Å². The normalized spacial score (nSPS) is 17.0. The second-order valence-corrected chi connectivity index (χ2v) is 5.94. The summed E-state index contributed by atoms with van der Waals surface area (Å²) in [5.41, 5.74) is -0.625. The van der Waals surface area contributed by atoms with Gasteiger partial charge in [0, 0.05) is 13.2 Å². The highest BCUT2D eigenvalue weighted by molar-refractivity contribution is 5.80. The molecule has 2 aromatic rings. The Morgan fingerprint density at radius 1 is 1.32 bits per heavy atom. The highest BCUT2D eigenvalue weighted by Gasteiger charge is 2.15. The standard InChI is InChI=1S/C17H21N3O5/c21-15(11-24-10-12-4-3-9-25-12)18-7-8-20-17(23)14-6-2-1-5-13(14)16(22)19-20/h1-2,5-6,12H,3-4,7-11H2,(H,18,21)(H,19,22). The highest BCUT2D eigenvalue weighted by Crippen LogP contribution is 2.11. The van der Waals surface area contributed by atoms with E-state index in [4.69, 9.17) is 9.47 Å². The van der Waals surface area contributed by atoms with Crippen LogP contribution in [0.1, 0.15) is 12.8 Å². The molecule has 2 heterocycles. The van der Waals surface area contributed by atoms with Crippen LogP contribution in [0.25, 0.3) is 10.8 Å². The first-order valence-corrected chi connectivity index (χ1v) is 8.33. The largest absolute Gasteiger partial charge is 0.376 e. The van der Waals surface area contributed by atoms with Crippen molar-refractivity contribution in [2.24, 2.45) is 0 Å². The smallest absolute Gasteiger partial charge is 0.273 e. The van der Waals surface area contributed by atoms with E-state index in [9.17, 15) is 14.4 Å². The number of aromatic nitrogens is 2. The van der Waals surface area contributed by atoms with Crippen molar-refractivity contribution in [1.82, 2.24) is 15.1 Å². The van der Waals surface area contributed by atoms with E-state index in [1.54, 1.807) is 24.3 Å². The number of hydrogen-bond donors (Lipinski definition) is 2. The summed E-state index contributed by atoms with van der Waals surface area (Å²) >= 11 is 0. The van der Waals surface area contributed by atoms with Crippen LogP contribution in [0.3, 0.4) is 0 Å². The molecule has 1 unspecified atom stereocenters. The van der Waals surface area contributed by atoms with Gasteiger partial charge in [0.25, 0.3) is 11.1 Å². The lowest BCUT2D eigenvalue weighted by atomic mass is 10.2. The number of H-pyrrole nitrogens is 1. The number of carbonyl (C=O) groups excluding carboxylic acids is 1. The van der Waals surface area contributed by atoms with Crippen LogP contribution in [-0.2, 0) is 20.8 Å². The Hall–Kier alpha value is -2.45. The van der Waals surface area contributed by atoms with Gasteiger partial charge < -0.3 is 14.8 Å². The van der Waals surface area contributed by atoms with E-state index in [0.717, 1.165) is 19.4 Å². The molecule has 1 aliphatic heterocycles. The number of aromatic amines is 1. The van der Waals surface area contributed by atoms with Gasteiger partial charge in [0.15, 0.2) is 0 Å². The van der Waals surface area contributed by atoms with Gasteiger partial charge in [0.05, 0.1) is 30.0 Å². The summed E-state index contributed by atoms with van der Waals surface area (Å²) in [4.78, 5) is 36.0. The van der Waals surface area contributed by atoms with Crippen LogP contribution in [0.2, 0.25) is 0 Å². The van der Waals surface area contributed by atoms with E-state index in [-0.39, 0.29) is 42.8 Å². The number of hydrogen-bond acceptors (Lipinski definition) is 5. The fourth-order valence-corrected chi connectivity index (χ4v) is 2.82. The number of nitrogens with one attached hydrogen (secondary N) is 2. The zero-order chi connectivity index (χ0) is 17.6. The second-order valence-electron chi connectivity index (χ2n) is 5.94. The molecule has 3 rings (SSSR count). The summed E-state index contributed by atoms with van der Waals surface area (Å²) < 4.78 is 11.9. The van der Waals surface area contributed by atoms with Crippen LogP contribution in [0, 0.1) is 0 Å². The Balaban J connectivity index is 1.49. The molecule has 0 bridgehead atoms. The molecule has 1 aliphatic rings. The molecule has 1 aromatic carbocycles. The monoisotopic (exact) mass is 347 g/mol. The van der Waals surface area contributed by atoms with Crippen LogP contribution in [0.15, 0.2) is 33.9 Å². The fourth-order valence-electron chi connectivity index (χ4n) is 2.82. The van der Waals surface area contributed by atoms with Crippen molar-refractivity contribution in [3.8, 4) is 0 Å². The predicted molar refractivity (Wildman–Crippen MR) is 91.6 cm³/mol. The van der Waals surface area contributed by atoms with E-state index in [2.05, 4.69) is 10.4 Å². The van der Waals surface area contributed by atoms with Crippen molar-refractivity contribution in [2.75, 3.05) is 26.4 Å². The van der Waals surface area contributed by atoms with Crippen molar-refractivity contribution in [2.45, 2.75) is 25.5 Å². The SMILES string of the molecule is O=C(COCC1CCCO1)NCCn1[nH]c(=O)c2ccccc2c1=O. The molecule has 0 radical (unpaired) electrons. The summed E-state index contributed by atoms with van der Waals surface area (Å²) in [7, 11) is 0. The van der Waals surface area contributed by atoms with Gasteiger partial charge in [-0.25, -0.2) is 4.68 Å². The molecule has 1 fully saturated rings. The molecule has 134 valence electrons. The molecule has 2 N–H and O–H groups in total. The van der Waals surface area contributed by atoms with Gasteiger partial charge in [0.1, 0.15) is 6.61 Å². The molecule has 1 saturated heterocycles. The maximum Gasteiger partial charge on any atom is 0.273 e. The van der Waals surface area contributed by atoms with Crippen molar-refractivity contribution in [3.05, 3.63) is 45.0 Å². The van der Waals surface area contributed by atoms with Gasteiger partial charge in [0.2, 0.25) is 5.91 Å². The van der Waals surface area contributed by atoms with Gasteiger partial charge in [-0.05, 0) is 25.0 Å². The summed E-state index contributed by atoms with van der Waals surface area (Å²) in [6, 6.07) is 6.63. The number of rotatable bonds is 7. The minimum atomic E-state index is -0.332. The lowest BCUT2D eigenvalue weighted by Crippen LogP contribution is -2.36. The quantitative estimate of drug-likeness (QED) is 0.734. The Morgan fingerprint density at radius 2 is 2.12 bits per heavy atom. The van der Waals surface area contributed by atoms with Crippen molar-refractivity contribution in [3.63, 3.8) is 0 Å². The summed E-state index contributed by atoms with van der Waals surface area (Å²) in [6.07, 6.45) is 2.06. The zero-order valence-corrected chi connectivity index (χ0v) is 13.8. The van der Waals surface area contributed by atoms with E-state index in [0.29, 0.717) is 17.4 Å². The van der Waals surface area contributed by atoms with Gasteiger partial charge in [-0.2, -0.15) is 0 Å². The number of carbonyl (C=O) groups is 1. The molecule has 0 aliphatic carbocycles. The number of amides is 1. The summed E-state index contributed by atoms with van der Waals surface area (Å²) in [5, 5.41) is 5.90. The maximum absolute atomic E-state index is 12.3. The number of fused-ring (bicyclic) bond motifs is 1. The third-order valence-corrected chi connectivity index (χ3v) is 4.10. The number of benzene rings is 1. The molecule has 8 heteroatoms. The molecule has 1 atom stereocenters. The Kier molecular flexibility index (Phi) is 5.62. The first kappa shape index (κ1) is 17.4. The third kappa shape index (κ3) is 4.34. The molecular formula is C17H21N3O5. The van der Waals surface area contributed by atoms with Crippen LogP contribution >= 0.6 is 0 Å². The highest BCUT2D eigenvalue weighted by atomic mass is 16.5. The average Bonchev–Trinajstić information content (AvgIpc) is 3.13. The minimum absolute atomic E-state index is 0.0526. The maximum atomic E-state index is 12.3. The third-order valence-electron chi connectivity index (χ3n) is 4.10.